The first kappa shape index (κ1) is 16.3. The standard InChI is InChI=1S/C17H18ClFN2O2/c18-15-3-2-13(17(19)14(15)11-22)16-4-1-12(9-20-16)10-21-5-7-23-8-6-21/h1-4,9,22H,5-8,10-11H2. The molecule has 0 spiro atoms. The van der Waals surface area contributed by atoms with Crippen molar-refractivity contribution in [1.82, 2.24) is 9.88 Å². The molecule has 1 aromatic carbocycles. The van der Waals surface area contributed by atoms with Crippen LogP contribution in [0.3, 0.4) is 0 Å². The third kappa shape index (κ3) is 3.70. The van der Waals surface area contributed by atoms with E-state index in [0.717, 1.165) is 38.4 Å². The first-order chi connectivity index (χ1) is 11.2. The number of aliphatic hydroxyl groups excluding tert-OH is 1. The van der Waals surface area contributed by atoms with E-state index in [9.17, 15) is 9.50 Å². The number of halogens is 2. The Bertz CT molecular complexity index is 673. The highest BCUT2D eigenvalue weighted by Crippen LogP contribution is 2.28. The van der Waals surface area contributed by atoms with E-state index < -0.39 is 12.4 Å². The van der Waals surface area contributed by atoms with Crippen LogP contribution in [0.5, 0.6) is 0 Å². The summed E-state index contributed by atoms with van der Waals surface area (Å²) in [6, 6.07) is 6.91. The number of morpholine rings is 1. The van der Waals surface area contributed by atoms with E-state index in [1.807, 2.05) is 6.07 Å². The molecule has 0 amide bonds. The molecule has 0 atom stereocenters. The quantitative estimate of drug-likeness (QED) is 0.932. The molecule has 0 aliphatic carbocycles. The molecule has 0 saturated carbocycles. The van der Waals surface area contributed by atoms with Gasteiger partial charge in [0.15, 0.2) is 0 Å². The van der Waals surface area contributed by atoms with Gasteiger partial charge in [-0.05, 0) is 23.8 Å². The average molecular weight is 337 g/mol. The SMILES string of the molecule is OCc1c(Cl)ccc(-c2ccc(CN3CCOCC3)cn2)c1F. The molecule has 0 radical (unpaired) electrons. The summed E-state index contributed by atoms with van der Waals surface area (Å²) in [5, 5.41) is 9.46. The number of aliphatic hydroxyl groups is 1. The number of hydrogen-bond acceptors (Lipinski definition) is 4. The highest BCUT2D eigenvalue weighted by molar-refractivity contribution is 6.31. The molecule has 122 valence electrons. The zero-order chi connectivity index (χ0) is 16.2. The van der Waals surface area contributed by atoms with Crippen molar-refractivity contribution in [3.63, 3.8) is 0 Å². The maximum atomic E-state index is 14.4. The molecule has 1 aromatic heterocycles. The van der Waals surface area contributed by atoms with E-state index in [1.54, 1.807) is 24.4 Å². The predicted octanol–water partition coefficient (Wildman–Crippen LogP) is 2.87. The van der Waals surface area contributed by atoms with Crippen LogP contribution in [0.25, 0.3) is 11.3 Å². The second kappa shape index (κ2) is 7.36. The van der Waals surface area contributed by atoms with Crippen LogP contribution in [0.1, 0.15) is 11.1 Å². The van der Waals surface area contributed by atoms with Crippen molar-refractivity contribution in [2.75, 3.05) is 26.3 Å². The van der Waals surface area contributed by atoms with Gasteiger partial charge in [-0.1, -0.05) is 17.7 Å². The van der Waals surface area contributed by atoms with E-state index in [2.05, 4.69) is 9.88 Å². The molecule has 6 heteroatoms. The van der Waals surface area contributed by atoms with Crippen molar-refractivity contribution in [2.24, 2.45) is 0 Å². The Kier molecular flexibility index (Phi) is 5.23. The third-order valence-corrected chi connectivity index (χ3v) is 4.31. The van der Waals surface area contributed by atoms with Gasteiger partial charge in [-0.25, -0.2) is 4.39 Å². The van der Waals surface area contributed by atoms with Crippen molar-refractivity contribution in [3.05, 3.63) is 52.4 Å². The lowest BCUT2D eigenvalue weighted by molar-refractivity contribution is 0.0341. The van der Waals surface area contributed by atoms with Crippen LogP contribution in [-0.2, 0) is 17.9 Å². The molecule has 1 fully saturated rings. The predicted molar refractivity (Wildman–Crippen MR) is 86.7 cm³/mol. The van der Waals surface area contributed by atoms with Gasteiger partial charge < -0.3 is 9.84 Å². The zero-order valence-electron chi connectivity index (χ0n) is 12.6. The van der Waals surface area contributed by atoms with Crippen LogP contribution in [0.15, 0.2) is 30.5 Å². The fourth-order valence-corrected chi connectivity index (χ4v) is 2.84. The summed E-state index contributed by atoms with van der Waals surface area (Å²) in [6.45, 7) is 3.70. The van der Waals surface area contributed by atoms with Gasteiger partial charge in [-0.2, -0.15) is 0 Å². The Hall–Kier alpha value is -1.53. The smallest absolute Gasteiger partial charge is 0.139 e. The lowest BCUT2D eigenvalue weighted by Gasteiger charge is -2.26. The maximum absolute atomic E-state index is 14.4. The summed E-state index contributed by atoms with van der Waals surface area (Å²) < 4.78 is 19.7. The van der Waals surface area contributed by atoms with Crippen LogP contribution in [0.4, 0.5) is 4.39 Å². The highest BCUT2D eigenvalue weighted by Gasteiger charge is 2.15. The molecule has 0 unspecified atom stereocenters. The Morgan fingerprint density at radius 3 is 2.65 bits per heavy atom. The van der Waals surface area contributed by atoms with E-state index in [1.165, 1.54) is 0 Å². The summed E-state index contributed by atoms with van der Waals surface area (Å²) in [6.07, 6.45) is 1.76. The molecule has 1 saturated heterocycles. The Morgan fingerprint density at radius 1 is 1.22 bits per heavy atom. The van der Waals surface area contributed by atoms with Crippen molar-refractivity contribution < 1.29 is 14.2 Å². The third-order valence-electron chi connectivity index (χ3n) is 3.95. The molecular weight excluding hydrogens is 319 g/mol. The number of nitrogens with zero attached hydrogens (tertiary/aromatic N) is 2. The van der Waals surface area contributed by atoms with E-state index in [4.69, 9.17) is 16.3 Å². The number of ether oxygens (including phenoxy) is 1. The van der Waals surface area contributed by atoms with Crippen LogP contribution in [0, 0.1) is 5.82 Å². The van der Waals surface area contributed by atoms with Crippen LogP contribution in [0.2, 0.25) is 5.02 Å². The maximum Gasteiger partial charge on any atom is 0.139 e. The average Bonchev–Trinajstić information content (AvgIpc) is 2.57. The number of rotatable bonds is 4. The van der Waals surface area contributed by atoms with Crippen LogP contribution < -0.4 is 0 Å². The number of aromatic nitrogens is 1. The van der Waals surface area contributed by atoms with Gasteiger partial charge in [-0.15, -0.1) is 0 Å². The number of benzene rings is 1. The summed E-state index contributed by atoms with van der Waals surface area (Å²) in [7, 11) is 0. The molecule has 2 heterocycles. The van der Waals surface area contributed by atoms with Crippen molar-refractivity contribution >= 4 is 11.6 Å². The minimum absolute atomic E-state index is 0.100. The van der Waals surface area contributed by atoms with Gasteiger partial charge in [0.05, 0.1) is 25.5 Å². The van der Waals surface area contributed by atoms with Crippen molar-refractivity contribution in [2.45, 2.75) is 13.2 Å². The van der Waals surface area contributed by atoms with Gasteiger partial charge in [0.2, 0.25) is 0 Å². The fraction of sp³-hybridized carbons (Fsp3) is 0.353. The monoisotopic (exact) mass is 336 g/mol. The summed E-state index contributed by atoms with van der Waals surface area (Å²) >= 11 is 5.89. The van der Waals surface area contributed by atoms with Crippen molar-refractivity contribution in [1.29, 1.82) is 0 Å². The van der Waals surface area contributed by atoms with Gasteiger partial charge in [0.1, 0.15) is 5.82 Å². The summed E-state index contributed by atoms with van der Waals surface area (Å²) in [4.78, 5) is 6.66. The minimum Gasteiger partial charge on any atom is -0.392 e. The Morgan fingerprint density at radius 2 is 2.00 bits per heavy atom. The van der Waals surface area contributed by atoms with E-state index in [0.29, 0.717) is 11.3 Å². The molecule has 1 N–H and O–H groups in total. The molecule has 4 nitrogen and oxygen atoms in total. The van der Waals surface area contributed by atoms with E-state index >= 15 is 0 Å². The molecule has 1 aliphatic rings. The number of pyridine rings is 1. The largest absolute Gasteiger partial charge is 0.392 e. The Balaban J connectivity index is 1.79. The fourth-order valence-electron chi connectivity index (χ4n) is 2.64. The normalized spacial score (nSPS) is 15.8. The first-order valence-corrected chi connectivity index (χ1v) is 7.90. The summed E-state index contributed by atoms with van der Waals surface area (Å²) in [5.74, 6) is -0.520. The van der Waals surface area contributed by atoms with Gasteiger partial charge >= 0.3 is 0 Å². The second-order valence-corrected chi connectivity index (χ2v) is 5.89. The van der Waals surface area contributed by atoms with Gasteiger partial charge in [-0.3, -0.25) is 9.88 Å². The zero-order valence-corrected chi connectivity index (χ0v) is 13.4. The number of hydrogen-bond donors (Lipinski definition) is 1. The lowest BCUT2D eigenvalue weighted by atomic mass is 10.1. The minimum atomic E-state index is -0.520. The first-order valence-electron chi connectivity index (χ1n) is 7.52. The Labute approximate surface area is 139 Å². The van der Waals surface area contributed by atoms with Gasteiger partial charge in [0.25, 0.3) is 0 Å². The molecule has 23 heavy (non-hydrogen) atoms. The topological polar surface area (TPSA) is 45.6 Å². The molecule has 3 rings (SSSR count). The van der Waals surface area contributed by atoms with Gasteiger partial charge in [0, 0.05) is 42.0 Å². The highest BCUT2D eigenvalue weighted by atomic mass is 35.5. The summed E-state index contributed by atoms with van der Waals surface area (Å²) in [5.41, 5.74) is 2.05. The van der Waals surface area contributed by atoms with Crippen LogP contribution in [-0.4, -0.2) is 41.3 Å². The molecule has 0 bridgehead atoms. The second-order valence-electron chi connectivity index (χ2n) is 5.49. The molecular formula is C17H18ClFN2O2. The molecule has 2 aromatic rings. The molecule has 1 aliphatic heterocycles. The lowest BCUT2D eigenvalue weighted by Crippen LogP contribution is -2.35. The van der Waals surface area contributed by atoms with Crippen molar-refractivity contribution in [3.8, 4) is 11.3 Å². The van der Waals surface area contributed by atoms with Crippen LogP contribution >= 0.6 is 11.6 Å². The van der Waals surface area contributed by atoms with E-state index in [-0.39, 0.29) is 10.6 Å².